The Morgan fingerprint density at radius 1 is 0.632 bits per heavy atom. The van der Waals surface area contributed by atoms with E-state index in [0.717, 1.165) is 6.42 Å². The van der Waals surface area contributed by atoms with E-state index in [-0.39, 0.29) is 23.9 Å². The molecule has 0 rings (SSSR count). The van der Waals surface area contributed by atoms with Gasteiger partial charge in [-0.15, -0.1) is 0 Å². The van der Waals surface area contributed by atoms with E-state index < -0.39 is 52.9 Å². The summed E-state index contributed by atoms with van der Waals surface area (Å²) >= 11 is 0. The lowest BCUT2D eigenvalue weighted by Crippen LogP contribution is -2.72. The van der Waals surface area contributed by atoms with Gasteiger partial charge in [0, 0.05) is 29.8 Å². The van der Waals surface area contributed by atoms with Crippen LogP contribution in [0, 0.1) is 35.5 Å². The largest absolute Gasteiger partial charge is 0.393 e. The van der Waals surface area contributed by atoms with E-state index in [2.05, 4.69) is 13.8 Å². The smallest absolute Gasteiger partial charge is 0.220 e. The molecule has 0 aliphatic carbocycles. The van der Waals surface area contributed by atoms with Crippen molar-refractivity contribution in [2.45, 2.75) is 131 Å². The summed E-state index contributed by atoms with van der Waals surface area (Å²) in [5.41, 5.74) is 5.79. The fraction of sp³-hybridized carbons (Fsp3) is 0.900. The Kier molecular flexibility index (Phi) is 15.7. The van der Waals surface area contributed by atoms with Crippen molar-refractivity contribution in [3.05, 3.63) is 0 Å². The average molecular weight is 543 g/mol. The number of hydrogen-bond acceptors (Lipinski definition) is 8. The van der Waals surface area contributed by atoms with Gasteiger partial charge in [-0.2, -0.15) is 0 Å². The van der Waals surface area contributed by atoms with Gasteiger partial charge in [0.1, 0.15) is 0 Å². The van der Waals surface area contributed by atoms with Crippen molar-refractivity contribution in [3.63, 3.8) is 0 Å². The molecule has 0 radical (unpaired) electrons. The molecule has 0 aromatic rings. The Morgan fingerprint density at radius 2 is 1.03 bits per heavy atom. The van der Waals surface area contributed by atoms with Crippen molar-refractivity contribution in [1.82, 2.24) is 0 Å². The summed E-state index contributed by atoms with van der Waals surface area (Å²) in [6.07, 6.45) is 3.84. The van der Waals surface area contributed by atoms with E-state index in [1.54, 1.807) is 20.8 Å². The van der Waals surface area contributed by atoms with Crippen molar-refractivity contribution in [3.8, 4) is 0 Å². The lowest BCUT2D eigenvalue weighted by atomic mass is 9.65. The van der Waals surface area contributed by atoms with Crippen LogP contribution in [0.25, 0.3) is 0 Å². The first-order chi connectivity index (χ1) is 17.3. The molecule has 7 N–H and O–H groups in total. The lowest BCUT2D eigenvalue weighted by Gasteiger charge is -2.43. The fourth-order valence-corrected chi connectivity index (χ4v) is 5.87. The molecule has 0 bridgehead atoms. The molecule has 8 nitrogen and oxygen atoms in total. The Labute approximate surface area is 231 Å². The van der Waals surface area contributed by atoms with Gasteiger partial charge in [0.2, 0.25) is 5.60 Å². The second-order valence-electron chi connectivity index (χ2n) is 13.0. The van der Waals surface area contributed by atoms with Gasteiger partial charge < -0.3 is 26.8 Å². The third-order valence-electron chi connectivity index (χ3n) is 7.77. The number of carbonyl (C=O) groups excluding carboxylic acids is 3. The van der Waals surface area contributed by atoms with Gasteiger partial charge in [-0.3, -0.25) is 14.4 Å². The first kappa shape index (κ1) is 36.8. The maximum absolute atomic E-state index is 13.9. The van der Waals surface area contributed by atoms with Crippen LogP contribution < -0.4 is 11.5 Å². The third kappa shape index (κ3) is 10.1. The van der Waals surface area contributed by atoms with Crippen LogP contribution >= 0.6 is 0 Å². The van der Waals surface area contributed by atoms with Crippen LogP contribution in [0.5, 0.6) is 0 Å². The first-order valence-electron chi connectivity index (χ1n) is 14.5. The Balaban J connectivity index is 6.43. The molecule has 0 fully saturated rings. The molecule has 8 atom stereocenters. The number of Topliss-reactive ketones (excluding diaryl/α,β-unsaturated/α-hetero) is 3. The summed E-state index contributed by atoms with van der Waals surface area (Å²) < 4.78 is 0. The third-order valence-corrected chi connectivity index (χ3v) is 7.77. The van der Waals surface area contributed by atoms with Crippen LogP contribution in [0.4, 0.5) is 0 Å². The number of ketones is 3. The van der Waals surface area contributed by atoms with Crippen LogP contribution in [0.15, 0.2) is 0 Å². The van der Waals surface area contributed by atoms with E-state index >= 15 is 0 Å². The number of hydrogen-bond donors (Lipinski definition) is 5. The average Bonchev–Trinajstić information content (AvgIpc) is 2.79. The molecule has 8 heteroatoms. The molecule has 38 heavy (non-hydrogen) atoms. The second-order valence-corrected chi connectivity index (χ2v) is 13.0. The highest BCUT2D eigenvalue weighted by Crippen LogP contribution is 2.37. The standard InChI is InChI=1S/C30H58N2O6/c1-18(2)11-10-12-21(5)26(34)29(37,17-33)30(38,27(35)22(6)13-19(3)15-24(8)31)28(36)23(7)14-20(4)16-25(9)32/h18-25,33,37-38H,10-17,31-32H2,1-9H3. The Morgan fingerprint density at radius 3 is 1.34 bits per heavy atom. The van der Waals surface area contributed by atoms with E-state index in [1.807, 2.05) is 27.7 Å². The van der Waals surface area contributed by atoms with Gasteiger partial charge in [-0.25, -0.2) is 0 Å². The normalized spacial score (nSPS) is 20.9. The van der Waals surface area contributed by atoms with Crippen molar-refractivity contribution < 1.29 is 29.7 Å². The van der Waals surface area contributed by atoms with E-state index in [4.69, 9.17) is 11.5 Å². The van der Waals surface area contributed by atoms with Crippen LogP contribution in [-0.4, -0.2) is 62.6 Å². The van der Waals surface area contributed by atoms with Crippen LogP contribution in [0.3, 0.4) is 0 Å². The van der Waals surface area contributed by atoms with Crippen molar-refractivity contribution in [2.75, 3.05) is 6.61 Å². The highest BCUT2D eigenvalue weighted by atomic mass is 16.4. The molecule has 0 aliphatic heterocycles. The number of aliphatic hydroxyl groups is 3. The number of carbonyl (C=O) groups is 3. The first-order valence-corrected chi connectivity index (χ1v) is 14.5. The SMILES string of the molecule is CC(C)CCCC(C)C(=O)C(O)(CO)C(O)(C(=O)C(C)CC(C)CC(C)N)C(=O)C(C)CC(C)CC(C)N. The summed E-state index contributed by atoms with van der Waals surface area (Å²) in [6, 6.07) is -0.191. The Bertz CT molecular complexity index is 717. The molecule has 0 spiro atoms. The number of nitrogens with two attached hydrogens (primary N) is 2. The van der Waals surface area contributed by atoms with Gasteiger partial charge in [-0.1, -0.05) is 61.3 Å². The molecule has 0 aromatic heterocycles. The van der Waals surface area contributed by atoms with Gasteiger partial charge in [0.15, 0.2) is 23.0 Å². The van der Waals surface area contributed by atoms with Crippen molar-refractivity contribution in [1.29, 1.82) is 0 Å². The summed E-state index contributed by atoms with van der Waals surface area (Å²) in [6.45, 7) is 15.2. The molecule has 0 heterocycles. The van der Waals surface area contributed by atoms with Gasteiger partial charge in [0.25, 0.3) is 0 Å². The van der Waals surface area contributed by atoms with Gasteiger partial charge >= 0.3 is 0 Å². The predicted molar refractivity (Wildman–Crippen MR) is 152 cm³/mol. The van der Waals surface area contributed by atoms with Crippen molar-refractivity contribution >= 4 is 17.3 Å². The quantitative estimate of drug-likeness (QED) is 0.146. The number of rotatable bonds is 20. The Hall–Kier alpha value is -1.19. The van der Waals surface area contributed by atoms with Gasteiger partial charge in [-0.05, 0) is 63.7 Å². The zero-order valence-electron chi connectivity index (χ0n) is 25.5. The zero-order valence-corrected chi connectivity index (χ0v) is 25.5. The zero-order chi connectivity index (χ0) is 30.0. The molecule has 0 aliphatic rings. The molecule has 0 amide bonds. The second kappa shape index (κ2) is 16.2. The molecular weight excluding hydrogens is 484 g/mol. The van der Waals surface area contributed by atoms with E-state index in [1.165, 1.54) is 0 Å². The fourth-order valence-electron chi connectivity index (χ4n) is 5.87. The van der Waals surface area contributed by atoms with E-state index in [9.17, 15) is 29.7 Å². The molecule has 224 valence electrons. The maximum Gasteiger partial charge on any atom is 0.220 e. The van der Waals surface area contributed by atoms with Crippen LogP contribution in [0.1, 0.15) is 107 Å². The summed E-state index contributed by atoms with van der Waals surface area (Å²) in [5, 5.41) is 34.0. The number of aliphatic hydroxyl groups excluding tert-OH is 1. The summed E-state index contributed by atoms with van der Waals surface area (Å²) in [4.78, 5) is 41.4. The molecular formula is C30H58N2O6. The minimum atomic E-state index is -3.08. The molecule has 0 saturated heterocycles. The molecule has 0 aromatic carbocycles. The van der Waals surface area contributed by atoms with Crippen LogP contribution in [0.2, 0.25) is 0 Å². The minimum absolute atomic E-state index is 0.00432. The molecule has 8 unspecified atom stereocenters. The van der Waals surface area contributed by atoms with E-state index in [0.29, 0.717) is 44.4 Å². The summed E-state index contributed by atoms with van der Waals surface area (Å²) in [5.74, 6) is -4.81. The lowest BCUT2D eigenvalue weighted by molar-refractivity contribution is -0.199. The summed E-state index contributed by atoms with van der Waals surface area (Å²) in [7, 11) is 0. The maximum atomic E-state index is 13.9. The molecule has 0 saturated carbocycles. The predicted octanol–water partition coefficient (Wildman–Crippen LogP) is 3.41. The highest BCUT2D eigenvalue weighted by Gasteiger charge is 2.65. The monoisotopic (exact) mass is 542 g/mol. The topological polar surface area (TPSA) is 164 Å². The highest BCUT2D eigenvalue weighted by molar-refractivity contribution is 6.17. The minimum Gasteiger partial charge on any atom is -0.393 e. The van der Waals surface area contributed by atoms with Crippen molar-refractivity contribution in [2.24, 2.45) is 47.0 Å². The van der Waals surface area contributed by atoms with Gasteiger partial charge in [0.05, 0.1) is 6.61 Å². The van der Waals surface area contributed by atoms with Crippen LogP contribution in [-0.2, 0) is 14.4 Å².